The first-order valence-corrected chi connectivity index (χ1v) is 12.5. The molecule has 0 N–H and O–H groups in total. The van der Waals surface area contributed by atoms with Gasteiger partial charge in [0.2, 0.25) is 0 Å². The van der Waals surface area contributed by atoms with Gasteiger partial charge in [0.05, 0.1) is 5.56 Å². The molecule has 2 heterocycles. The van der Waals surface area contributed by atoms with Gasteiger partial charge in [0.15, 0.2) is 0 Å². The Morgan fingerprint density at radius 2 is 1.57 bits per heavy atom. The number of anilines is 1. The van der Waals surface area contributed by atoms with Crippen molar-refractivity contribution in [2.45, 2.75) is 12.1 Å². The lowest BCUT2D eigenvalue weighted by Gasteiger charge is -2.38. The molecule has 0 aromatic heterocycles. The van der Waals surface area contributed by atoms with Gasteiger partial charge in [-0.25, -0.2) is 4.39 Å². The summed E-state index contributed by atoms with van der Waals surface area (Å²) in [5.41, 5.74) is 1.32. The summed E-state index contributed by atoms with van der Waals surface area (Å²) in [6.07, 6.45) is -4.44. The molecule has 3 aromatic carbocycles. The number of halogens is 4. The highest BCUT2D eigenvalue weighted by Crippen LogP contribution is 2.37. The second-order valence-electron chi connectivity index (χ2n) is 9.83. The van der Waals surface area contributed by atoms with Gasteiger partial charge in [-0.2, -0.15) is 13.2 Å². The van der Waals surface area contributed by atoms with Crippen LogP contribution in [0.5, 0.6) is 0 Å². The molecule has 0 radical (unpaired) electrons. The predicted octanol–water partition coefficient (Wildman–Crippen LogP) is 5.52. The van der Waals surface area contributed by atoms with Crippen molar-refractivity contribution >= 4 is 11.6 Å². The van der Waals surface area contributed by atoms with E-state index in [0.717, 1.165) is 32.2 Å². The zero-order chi connectivity index (χ0) is 26.0. The second-order valence-corrected chi connectivity index (χ2v) is 9.83. The van der Waals surface area contributed by atoms with Crippen LogP contribution < -0.4 is 4.90 Å². The molecule has 0 bridgehead atoms. The van der Waals surface area contributed by atoms with E-state index in [1.54, 1.807) is 17.0 Å². The number of alkyl halides is 3. The van der Waals surface area contributed by atoms with Crippen molar-refractivity contribution in [3.63, 3.8) is 0 Å². The molecule has 5 rings (SSSR count). The van der Waals surface area contributed by atoms with Gasteiger partial charge in [0.1, 0.15) is 5.82 Å². The molecule has 2 unspecified atom stereocenters. The largest absolute Gasteiger partial charge is 0.416 e. The number of para-hydroxylation sites is 1. The average Bonchev–Trinajstić information content (AvgIpc) is 3.32. The zero-order valence-corrected chi connectivity index (χ0v) is 20.4. The van der Waals surface area contributed by atoms with Gasteiger partial charge in [0, 0.05) is 63.0 Å². The van der Waals surface area contributed by atoms with Gasteiger partial charge < -0.3 is 9.80 Å². The standard InChI is InChI=1S/C29H29F4N3O/c30-25-9-5-7-22(17-25)28(37)36-19-23(27(20-36)21-6-4-8-24(16-21)29(31,32)33)18-34-12-14-35(15-13-34)26-10-2-1-3-11-26/h1-11,16-17,23,27H,12-15,18-20H2. The molecule has 0 spiro atoms. The third-order valence-electron chi connectivity index (χ3n) is 7.43. The average molecular weight is 512 g/mol. The Kier molecular flexibility index (Phi) is 7.20. The van der Waals surface area contributed by atoms with Crippen LogP contribution in [0.1, 0.15) is 27.4 Å². The number of nitrogens with zero attached hydrogens (tertiary/aromatic N) is 3. The van der Waals surface area contributed by atoms with Crippen LogP contribution in [0, 0.1) is 11.7 Å². The molecule has 2 aliphatic heterocycles. The van der Waals surface area contributed by atoms with Crippen LogP contribution in [0.3, 0.4) is 0 Å². The number of carbonyl (C=O) groups is 1. The van der Waals surface area contributed by atoms with Gasteiger partial charge in [-0.1, -0.05) is 42.5 Å². The van der Waals surface area contributed by atoms with Crippen LogP contribution in [-0.4, -0.2) is 61.5 Å². The Labute approximate surface area is 214 Å². The monoisotopic (exact) mass is 511 g/mol. The van der Waals surface area contributed by atoms with Crippen molar-refractivity contribution in [1.82, 2.24) is 9.80 Å². The Morgan fingerprint density at radius 3 is 2.27 bits per heavy atom. The molecule has 2 atom stereocenters. The summed E-state index contributed by atoms with van der Waals surface area (Å²) in [5, 5.41) is 0. The fourth-order valence-electron chi connectivity index (χ4n) is 5.51. The van der Waals surface area contributed by atoms with Crippen LogP contribution in [0.25, 0.3) is 0 Å². The van der Waals surface area contributed by atoms with Crippen LogP contribution in [0.15, 0.2) is 78.9 Å². The molecule has 8 heteroatoms. The highest BCUT2D eigenvalue weighted by Gasteiger charge is 2.39. The van der Waals surface area contributed by atoms with Crippen LogP contribution >= 0.6 is 0 Å². The lowest BCUT2D eigenvalue weighted by atomic mass is 9.87. The maximum Gasteiger partial charge on any atom is 0.416 e. The number of rotatable bonds is 5. The van der Waals surface area contributed by atoms with Gasteiger partial charge in [-0.05, 0) is 47.9 Å². The summed E-state index contributed by atoms with van der Waals surface area (Å²) in [6, 6.07) is 21.2. The summed E-state index contributed by atoms with van der Waals surface area (Å²) >= 11 is 0. The quantitative estimate of drug-likeness (QED) is 0.422. The molecule has 0 aliphatic carbocycles. The Hall–Kier alpha value is -3.39. The van der Waals surface area contributed by atoms with Crippen LogP contribution in [0.2, 0.25) is 0 Å². The topological polar surface area (TPSA) is 26.8 Å². The molecule has 2 saturated heterocycles. The molecule has 1 amide bonds. The van der Waals surface area contributed by atoms with E-state index < -0.39 is 17.6 Å². The fourth-order valence-corrected chi connectivity index (χ4v) is 5.51. The van der Waals surface area contributed by atoms with Gasteiger partial charge in [-0.15, -0.1) is 0 Å². The van der Waals surface area contributed by atoms with Crippen molar-refractivity contribution < 1.29 is 22.4 Å². The molecule has 2 fully saturated rings. The highest BCUT2D eigenvalue weighted by atomic mass is 19.4. The van der Waals surface area contributed by atoms with E-state index >= 15 is 0 Å². The predicted molar refractivity (Wildman–Crippen MR) is 135 cm³/mol. The third-order valence-corrected chi connectivity index (χ3v) is 7.43. The first-order valence-electron chi connectivity index (χ1n) is 12.5. The van der Waals surface area contributed by atoms with E-state index in [1.165, 1.54) is 36.0 Å². The summed E-state index contributed by atoms with van der Waals surface area (Å²) in [4.78, 5) is 19.5. The van der Waals surface area contributed by atoms with Crippen molar-refractivity contribution in [3.05, 3.63) is 101 Å². The minimum absolute atomic E-state index is 0.0377. The molecule has 37 heavy (non-hydrogen) atoms. The van der Waals surface area contributed by atoms with Gasteiger partial charge in [0.25, 0.3) is 5.91 Å². The Morgan fingerprint density at radius 1 is 0.838 bits per heavy atom. The van der Waals surface area contributed by atoms with Gasteiger partial charge >= 0.3 is 6.18 Å². The van der Waals surface area contributed by atoms with E-state index in [-0.39, 0.29) is 23.3 Å². The molecule has 0 saturated carbocycles. The molecule has 194 valence electrons. The number of likely N-dealkylation sites (tertiary alicyclic amines) is 1. The molecule has 4 nitrogen and oxygen atoms in total. The number of hydrogen-bond acceptors (Lipinski definition) is 3. The number of amides is 1. The number of hydrogen-bond donors (Lipinski definition) is 0. The third kappa shape index (κ3) is 5.80. The SMILES string of the molecule is O=C(c1cccc(F)c1)N1CC(CN2CCN(c3ccccc3)CC2)C(c2cccc(C(F)(F)F)c2)C1. The Bertz CT molecular complexity index is 1230. The number of piperazine rings is 1. The lowest BCUT2D eigenvalue weighted by Crippen LogP contribution is -2.48. The highest BCUT2D eigenvalue weighted by molar-refractivity contribution is 5.94. The summed E-state index contributed by atoms with van der Waals surface area (Å²) < 4.78 is 54.1. The van der Waals surface area contributed by atoms with E-state index in [2.05, 4.69) is 21.9 Å². The maximum atomic E-state index is 13.8. The summed E-state index contributed by atoms with van der Waals surface area (Å²) in [6.45, 7) is 4.77. The molecular weight excluding hydrogens is 482 g/mol. The summed E-state index contributed by atoms with van der Waals surface area (Å²) in [7, 11) is 0. The maximum absolute atomic E-state index is 13.8. The molecule has 2 aliphatic rings. The van der Waals surface area contributed by atoms with E-state index in [9.17, 15) is 22.4 Å². The first kappa shape index (κ1) is 25.3. The minimum Gasteiger partial charge on any atom is -0.369 e. The normalized spacial score (nSPS) is 20.9. The fraction of sp³-hybridized carbons (Fsp3) is 0.345. The zero-order valence-electron chi connectivity index (χ0n) is 20.4. The van der Waals surface area contributed by atoms with Crippen LogP contribution in [0.4, 0.5) is 23.2 Å². The van der Waals surface area contributed by atoms with Crippen LogP contribution in [-0.2, 0) is 6.18 Å². The van der Waals surface area contributed by atoms with E-state index in [0.29, 0.717) is 25.2 Å². The second kappa shape index (κ2) is 10.5. The van der Waals surface area contributed by atoms with E-state index in [1.807, 2.05) is 18.2 Å². The van der Waals surface area contributed by atoms with E-state index in [4.69, 9.17) is 0 Å². The first-order chi connectivity index (χ1) is 17.8. The van der Waals surface area contributed by atoms with Crippen molar-refractivity contribution in [2.24, 2.45) is 5.92 Å². The lowest BCUT2D eigenvalue weighted by molar-refractivity contribution is -0.137. The number of benzene rings is 3. The summed E-state index contributed by atoms with van der Waals surface area (Å²) in [5.74, 6) is -1.07. The Balaban J connectivity index is 1.34. The number of carbonyl (C=O) groups excluding carboxylic acids is 1. The minimum atomic E-state index is -4.44. The van der Waals surface area contributed by atoms with Crippen molar-refractivity contribution in [2.75, 3.05) is 50.7 Å². The van der Waals surface area contributed by atoms with Crippen molar-refractivity contribution in [3.8, 4) is 0 Å². The van der Waals surface area contributed by atoms with Gasteiger partial charge in [-0.3, -0.25) is 9.69 Å². The molecular formula is C29H29F4N3O. The molecule has 3 aromatic rings. The van der Waals surface area contributed by atoms with Crippen molar-refractivity contribution in [1.29, 1.82) is 0 Å². The smallest absolute Gasteiger partial charge is 0.369 e.